The van der Waals surface area contributed by atoms with E-state index in [9.17, 15) is 9.59 Å². The molecule has 0 amide bonds. The molecule has 0 N–H and O–H groups in total. The van der Waals surface area contributed by atoms with Crippen LogP contribution in [0, 0.1) is 0 Å². The molecule has 0 bridgehead atoms. The lowest BCUT2D eigenvalue weighted by Gasteiger charge is -1.94. The first-order valence-electron chi connectivity index (χ1n) is 2.90. The molecule has 11 heavy (non-hydrogen) atoms. The molecule has 0 saturated heterocycles. The molecule has 1 aromatic rings. The monoisotopic (exact) mass is 154 g/mol. The molecule has 0 aliphatic rings. The predicted molar refractivity (Wildman–Crippen MR) is 36.3 cm³/mol. The number of carbonyl (C=O) groups excluding carboxylic acids is 1. The predicted octanol–water partition coefficient (Wildman–Crippen LogP) is 0.426. The number of hydrogen-bond donors (Lipinski definition) is 0. The van der Waals surface area contributed by atoms with E-state index in [0.717, 1.165) is 12.3 Å². The molecule has 0 aliphatic heterocycles. The van der Waals surface area contributed by atoms with Gasteiger partial charge in [-0.3, -0.25) is 4.79 Å². The number of rotatable bonds is 1. The normalized spacial score (nSPS) is 9.18. The van der Waals surface area contributed by atoms with Crippen LogP contribution in [-0.2, 0) is 4.74 Å². The summed E-state index contributed by atoms with van der Waals surface area (Å²) in [6.45, 7) is 0. The summed E-state index contributed by atoms with van der Waals surface area (Å²) >= 11 is 0. The Hall–Kier alpha value is -1.58. The van der Waals surface area contributed by atoms with Crippen LogP contribution >= 0.6 is 0 Å². The van der Waals surface area contributed by atoms with E-state index >= 15 is 0 Å². The third-order valence-corrected chi connectivity index (χ3v) is 1.15. The fourth-order valence-corrected chi connectivity index (χ4v) is 0.615. The van der Waals surface area contributed by atoms with Crippen LogP contribution in [0.4, 0.5) is 0 Å². The molecule has 58 valence electrons. The van der Waals surface area contributed by atoms with Gasteiger partial charge in [0.15, 0.2) is 5.43 Å². The van der Waals surface area contributed by atoms with Crippen LogP contribution in [-0.4, -0.2) is 13.1 Å². The highest BCUT2D eigenvalue weighted by Crippen LogP contribution is 1.92. The van der Waals surface area contributed by atoms with Crippen LogP contribution in [0.25, 0.3) is 0 Å². The number of hydrogen-bond acceptors (Lipinski definition) is 4. The van der Waals surface area contributed by atoms with Gasteiger partial charge in [-0.05, 0) is 0 Å². The molecule has 0 radical (unpaired) electrons. The van der Waals surface area contributed by atoms with Crippen molar-refractivity contribution in [2.45, 2.75) is 0 Å². The molecule has 0 saturated carbocycles. The van der Waals surface area contributed by atoms with E-state index in [-0.39, 0.29) is 5.56 Å². The van der Waals surface area contributed by atoms with Crippen LogP contribution in [0.3, 0.4) is 0 Å². The van der Waals surface area contributed by atoms with Crippen molar-refractivity contribution in [2.24, 2.45) is 0 Å². The molecule has 0 aliphatic carbocycles. The zero-order valence-corrected chi connectivity index (χ0v) is 5.87. The molecule has 0 unspecified atom stereocenters. The lowest BCUT2D eigenvalue weighted by molar-refractivity contribution is 0.0596. The Morgan fingerprint density at radius 1 is 1.64 bits per heavy atom. The fourth-order valence-electron chi connectivity index (χ4n) is 0.615. The molecule has 0 spiro atoms. The van der Waals surface area contributed by atoms with Gasteiger partial charge in [0, 0.05) is 6.07 Å². The highest BCUT2D eigenvalue weighted by atomic mass is 16.5. The van der Waals surface area contributed by atoms with E-state index in [4.69, 9.17) is 0 Å². The number of ether oxygens (including phenoxy) is 1. The Morgan fingerprint density at radius 2 is 2.36 bits per heavy atom. The van der Waals surface area contributed by atoms with Crippen LogP contribution < -0.4 is 5.43 Å². The van der Waals surface area contributed by atoms with Crippen LogP contribution in [0.1, 0.15) is 10.4 Å². The maximum absolute atomic E-state index is 10.9. The highest BCUT2D eigenvalue weighted by Gasteiger charge is 2.08. The molecular weight excluding hydrogens is 148 g/mol. The molecule has 0 aromatic carbocycles. The van der Waals surface area contributed by atoms with Gasteiger partial charge in [0.05, 0.1) is 13.4 Å². The van der Waals surface area contributed by atoms with E-state index in [1.165, 1.54) is 13.4 Å². The van der Waals surface area contributed by atoms with Crippen molar-refractivity contribution >= 4 is 5.97 Å². The molecule has 4 heteroatoms. The van der Waals surface area contributed by atoms with Crippen molar-refractivity contribution in [3.05, 3.63) is 34.4 Å². The Kier molecular flexibility index (Phi) is 2.06. The smallest absolute Gasteiger partial charge is 0.345 e. The minimum Gasteiger partial charge on any atom is -0.471 e. The average Bonchev–Trinajstić information content (AvgIpc) is 2.04. The Labute approximate surface area is 62.4 Å². The first-order chi connectivity index (χ1) is 5.25. The fraction of sp³-hybridized carbons (Fsp3) is 0.143. The van der Waals surface area contributed by atoms with Crippen molar-refractivity contribution in [3.63, 3.8) is 0 Å². The molecule has 4 nitrogen and oxygen atoms in total. The maximum atomic E-state index is 10.9. The van der Waals surface area contributed by atoms with Crippen molar-refractivity contribution in [2.75, 3.05) is 7.11 Å². The third-order valence-electron chi connectivity index (χ3n) is 1.15. The summed E-state index contributed by atoms with van der Waals surface area (Å²) in [6, 6.07) is 1.16. The SMILES string of the molecule is COC(=O)c1coccc1=O. The van der Waals surface area contributed by atoms with Gasteiger partial charge in [0.25, 0.3) is 0 Å². The molecule has 1 rings (SSSR count). The molecular formula is C7H6O4. The minimum absolute atomic E-state index is 0.0880. The van der Waals surface area contributed by atoms with Crippen molar-refractivity contribution in [1.29, 1.82) is 0 Å². The highest BCUT2D eigenvalue weighted by molar-refractivity contribution is 5.88. The molecule has 1 aromatic heterocycles. The van der Waals surface area contributed by atoms with Gasteiger partial charge < -0.3 is 9.15 Å². The van der Waals surface area contributed by atoms with E-state index in [0.29, 0.717) is 0 Å². The van der Waals surface area contributed by atoms with Crippen molar-refractivity contribution in [1.82, 2.24) is 0 Å². The van der Waals surface area contributed by atoms with Gasteiger partial charge in [-0.15, -0.1) is 0 Å². The summed E-state index contributed by atoms with van der Waals surface area (Å²) in [5.41, 5.74) is -0.488. The number of methoxy groups -OCH3 is 1. The first kappa shape index (κ1) is 7.53. The van der Waals surface area contributed by atoms with E-state index in [1.807, 2.05) is 0 Å². The Bertz CT molecular complexity index is 312. The minimum atomic E-state index is -0.681. The number of carbonyl (C=O) groups is 1. The van der Waals surface area contributed by atoms with Gasteiger partial charge in [0.2, 0.25) is 0 Å². The van der Waals surface area contributed by atoms with Crippen molar-refractivity contribution < 1.29 is 13.9 Å². The summed E-state index contributed by atoms with van der Waals surface area (Å²) in [5.74, 6) is -0.681. The second kappa shape index (κ2) is 3.01. The van der Waals surface area contributed by atoms with E-state index < -0.39 is 11.4 Å². The standard InChI is InChI=1S/C7H6O4/c1-10-7(9)5-4-11-3-2-6(5)8/h2-4H,1H3. The van der Waals surface area contributed by atoms with Crippen LogP contribution in [0.5, 0.6) is 0 Å². The third kappa shape index (κ3) is 1.46. The van der Waals surface area contributed by atoms with Crippen LogP contribution in [0.15, 0.2) is 27.8 Å². The van der Waals surface area contributed by atoms with E-state index in [2.05, 4.69) is 9.15 Å². The summed E-state index contributed by atoms with van der Waals surface area (Å²) in [5, 5.41) is 0. The lowest BCUT2D eigenvalue weighted by atomic mass is 10.3. The maximum Gasteiger partial charge on any atom is 0.345 e. The Balaban J connectivity index is 3.14. The van der Waals surface area contributed by atoms with Gasteiger partial charge >= 0.3 is 5.97 Å². The quantitative estimate of drug-likeness (QED) is 0.550. The van der Waals surface area contributed by atoms with Crippen molar-refractivity contribution in [3.8, 4) is 0 Å². The lowest BCUT2D eigenvalue weighted by Crippen LogP contribution is -2.14. The van der Waals surface area contributed by atoms with Gasteiger partial charge in [-0.1, -0.05) is 0 Å². The van der Waals surface area contributed by atoms with E-state index in [1.54, 1.807) is 0 Å². The topological polar surface area (TPSA) is 56.5 Å². The largest absolute Gasteiger partial charge is 0.471 e. The summed E-state index contributed by atoms with van der Waals surface area (Å²) in [4.78, 5) is 21.6. The number of esters is 1. The molecule has 1 heterocycles. The molecule has 0 fully saturated rings. The zero-order valence-electron chi connectivity index (χ0n) is 5.87. The van der Waals surface area contributed by atoms with Gasteiger partial charge in [-0.2, -0.15) is 0 Å². The second-order valence-electron chi connectivity index (χ2n) is 1.83. The van der Waals surface area contributed by atoms with Gasteiger partial charge in [-0.25, -0.2) is 4.79 Å². The summed E-state index contributed by atoms with van der Waals surface area (Å²) in [7, 11) is 1.20. The van der Waals surface area contributed by atoms with Crippen LogP contribution in [0.2, 0.25) is 0 Å². The molecule has 0 atom stereocenters. The second-order valence-corrected chi connectivity index (χ2v) is 1.83. The summed E-state index contributed by atoms with van der Waals surface area (Å²) < 4.78 is 8.93. The zero-order chi connectivity index (χ0) is 8.27. The first-order valence-corrected chi connectivity index (χ1v) is 2.90. The summed E-state index contributed by atoms with van der Waals surface area (Å²) in [6.07, 6.45) is 2.27. The average molecular weight is 154 g/mol. The van der Waals surface area contributed by atoms with Gasteiger partial charge in [0.1, 0.15) is 11.8 Å². The Morgan fingerprint density at radius 3 is 2.91 bits per heavy atom.